The molecule has 37 heavy (non-hydrogen) atoms. The zero-order valence-electron chi connectivity index (χ0n) is 19.9. The van der Waals surface area contributed by atoms with Crippen LogP contribution in [0.15, 0.2) is 110 Å². The number of hydrogen-bond acceptors (Lipinski definition) is 2. The molecule has 0 fully saturated rings. The van der Waals surface area contributed by atoms with Crippen LogP contribution in [0.25, 0.3) is 65.9 Å². The maximum Gasteiger partial charge on any atom is 0.145 e. The van der Waals surface area contributed by atoms with Crippen LogP contribution >= 0.6 is 0 Å². The number of pyridine rings is 2. The summed E-state index contributed by atoms with van der Waals surface area (Å²) in [5.74, 6) is 0. The molecule has 8 aromatic rings. The monoisotopic (exact) mass is 472 g/mol. The zero-order valence-corrected chi connectivity index (χ0v) is 19.9. The lowest BCUT2D eigenvalue weighted by atomic mass is 9.98. The zero-order chi connectivity index (χ0) is 24.1. The topological polar surface area (TPSA) is 35.1 Å². The number of rotatable bonds is 1. The summed E-state index contributed by atoms with van der Waals surface area (Å²) in [6.45, 7) is 0. The summed E-state index contributed by atoms with van der Waals surface area (Å²) in [5, 5.41) is 6.14. The van der Waals surface area contributed by atoms with E-state index in [0.717, 1.165) is 23.0 Å². The van der Waals surface area contributed by atoms with E-state index in [9.17, 15) is 0 Å². The van der Waals surface area contributed by atoms with Gasteiger partial charge in [0.15, 0.2) is 0 Å². The van der Waals surface area contributed by atoms with Gasteiger partial charge in [0, 0.05) is 52.0 Å². The number of hydrogen-bond donors (Lipinski definition) is 0. The molecule has 0 N–H and O–H groups in total. The number of imidazole rings is 1. The molecule has 4 nitrogen and oxygen atoms in total. The van der Waals surface area contributed by atoms with Crippen molar-refractivity contribution >= 4 is 49.1 Å². The number of aromatic nitrogens is 4. The van der Waals surface area contributed by atoms with Crippen molar-refractivity contribution in [2.45, 2.75) is 6.42 Å². The van der Waals surface area contributed by atoms with Gasteiger partial charge in [-0.25, -0.2) is 4.98 Å². The van der Waals surface area contributed by atoms with E-state index in [1.807, 2.05) is 24.8 Å². The lowest BCUT2D eigenvalue weighted by molar-refractivity contribution is 1.18. The van der Waals surface area contributed by atoms with Gasteiger partial charge in [-0.15, -0.1) is 0 Å². The molecule has 1 aliphatic rings. The fourth-order valence-electron chi connectivity index (χ4n) is 6.47. The fourth-order valence-corrected chi connectivity index (χ4v) is 6.47. The average molecular weight is 473 g/mol. The van der Waals surface area contributed by atoms with E-state index in [1.165, 1.54) is 60.5 Å². The number of nitrogens with zero attached hydrogens (tertiary/aromatic N) is 4. The molecule has 4 aromatic carbocycles. The number of benzene rings is 4. The lowest BCUT2D eigenvalue weighted by Crippen LogP contribution is -1.93. The van der Waals surface area contributed by atoms with Gasteiger partial charge < -0.3 is 4.57 Å². The van der Waals surface area contributed by atoms with E-state index in [2.05, 4.69) is 98.9 Å². The molecule has 4 aromatic heterocycles. The van der Waals surface area contributed by atoms with Crippen LogP contribution in [0.5, 0.6) is 0 Å². The van der Waals surface area contributed by atoms with Crippen molar-refractivity contribution in [1.82, 2.24) is 18.9 Å². The summed E-state index contributed by atoms with van der Waals surface area (Å²) in [5.41, 5.74) is 11.2. The van der Waals surface area contributed by atoms with E-state index in [4.69, 9.17) is 4.98 Å². The number of fused-ring (bicyclic) bond motifs is 12. The van der Waals surface area contributed by atoms with Crippen LogP contribution in [0, 0.1) is 0 Å². The Morgan fingerprint density at radius 1 is 0.595 bits per heavy atom. The van der Waals surface area contributed by atoms with Gasteiger partial charge in [-0.05, 0) is 82.6 Å². The van der Waals surface area contributed by atoms with Crippen molar-refractivity contribution in [2.24, 2.45) is 0 Å². The Bertz CT molecular complexity index is 2220. The van der Waals surface area contributed by atoms with E-state index < -0.39 is 0 Å². The molecular weight excluding hydrogens is 452 g/mol. The fraction of sp³-hybridized carbons (Fsp3) is 0.0303. The maximum atomic E-state index is 4.73. The van der Waals surface area contributed by atoms with Gasteiger partial charge in [-0.1, -0.05) is 36.4 Å². The van der Waals surface area contributed by atoms with Gasteiger partial charge in [-0.3, -0.25) is 9.38 Å². The minimum atomic E-state index is 0.930. The highest BCUT2D eigenvalue weighted by molar-refractivity contribution is 6.15. The van der Waals surface area contributed by atoms with Crippen LogP contribution in [0.1, 0.15) is 11.1 Å². The van der Waals surface area contributed by atoms with E-state index in [0.29, 0.717) is 0 Å². The molecule has 0 radical (unpaired) electrons. The van der Waals surface area contributed by atoms with Gasteiger partial charge in [-0.2, -0.15) is 0 Å². The van der Waals surface area contributed by atoms with Crippen molar-refractivity contribution in [3.63, 3.8) is 0 Å². The standard InChI is InChI=1S/C33H20N4/c1-2-6-22(7-3-1)37-31-9-5-4-8-23(31)27-15-20-14-21-16-28-26(17-24(21)25(20)18-32(27)37)29-19-34-11-10-30(29)36-13-12-35-33(28)36/h1-13,15-19H,14H2. The third-order valence-electron chi connectivity index (χ3n) is 8.06. The maximum absolute atomic E-state index is 4.73. The van der Waals surface area contributed by atoms with Crippen LogP contribution in [0.3, 0.4) is 0 Å². The Kier molecular flexibility index (Phi) is 3.55. The summed E-state index contributed by atoms with van der Waals surface area (Å²) < 4.78 is 4.58. The van der Waals surface area contributed by atoms with E-state index in [-0.39, 0.29) is 0 Å². The molecule has 4 heterocycles. The van der Waals surface area contributed by atoms with Crippen molar-refractivity contribution < 1.29 is 0 Å². The third-order valence-corrected chi connectivity index (χ3v) is 8.06. The second-order valence-electron chi connectivity index (χ2n) is 9.96. The lowest BCUT2D eigenvalue weighted by Gasteiger charge is -2.11. The Balaban J connectivity index is 1.39. The highest BCUT2D eigenvalue weighted by Crippen LogP contribution is 2.44. The normalized spacial score (nSPS) is 12.8. The van der Waals surface area contributed by atoms with Crippen LogP contribution < -0.4 is 0 Å². The smallest absolute Gasteiger partial charge is 0.145 e. The van der Waals surface area contributed by atoms with Crippen LogP contribution in [0.2, 0.25) is 0 Å². The van der Waals surface area contributed by atoms with Crippen molar-refractivity contribution in [3.8, 4) is 16.8 Å². The third kappa shape index (κ3) is 2.47. The Morgan fingerprint density at radius 2 is 1.41 bits per heavy atom. The first-order valence-corrected chi connectivity index (χ1v) is 12.6. The first-order valence-electron chi connectivity index (χ1n) is 12.6. The summed E-state index contributed by atoms with van der Waals surface area (Å²) in [6.07, 6.45) is 8.70. The second kappa shape index (κ2) is 6.83. The van der Waals surface area contributed by atoms with Crippen LogP contribution in [-0.2, 0) is 6.42 Å². The highest BCUT2D eigenvalue weighted by atomic mass is 15.0. The van der Waals surface area contributed by atoms with Gasteiger partial charge >= 0.3 is 0 Å². The first-order chi connectivity index (χ1) is 18.3. The van der Waals surface area contributed by atoms with Gasteiger partial charge in [0.1, 0.15) is 5.65 Å². The highest BCUT2D eigenvalue weighted by Gasteiger charge is 2.24. The molecule has 0 unspecified atom stereocenters. The van der Waals surface area contributed by atoms with Crippen LogP contribution in [0.4, 0.5) is 0 Å². The SMILES string of the molecule is c1ccc(-n2c3ccccc3c3cc4c(cc32)-c2cc3c5cnccc5n5ccnc5c3cc2C4)cc1. The number of para-hydroxylation sites is 2. The molecule has 0 amide bonds. The molecule has 0 saturated carbocycles. The Hall–Kier alpha value is -4.96. The average Bonchev–Trinajstić information content (AvgIpc) is 3.66. The summed E-state index contributed by atoms with van der Waals surface area (Å²) in [7, 11) is 0. The molecule has 172 valence electrons. The summed E-state index contributed by atoms with van der Waals surface area (Å²) in [6, 6.07) is 31.0. The molecule has 0 atom stereocenters. The van der Waals surface area contributed by atoms with Gasteiger partial charge in [0.25, 0.3) is 0 Å². The van der Waals surface area contributed by atoms with Crippen molar-refractivity contribution in [3.05, 3.63) is 121 Å². The van der Waals surface area contributed by atoms with Crippen molar-refractivity contribution in [1.29, 1.82) is 0 Å². The molecular formula is C33H20N4. The second-order valence-corrected chi connectivity index (χ2v) is 9.96. The predicted octanol–water partition coefficient (Wildman–Crippen LogP) is 7.70. The molecule has 0 saturated heterocycles. The Labute approximate surface area is 212 Å². The quantitative estimate of drug-likeness (QED) is 0.229. The van der Waals surface area contributed by atoms with Crippen LogP contribution in [-0.4, -0.2) is 18.9 Å². The molecule has 0 aliphatic heterocycles. The molecule has 1 aliphatic carbocycles. The van der Waals surface area contributed by atoms with E-state index >= 15 is 0 Å². The largest absolute Gasteiger partial charge is 0.309 e. The van der Waals surface area contributed by atoms with Gasteiger partial charge in [0.05, 0.1) is 16.6 Å². The molecule has 9 rings (SSSR count). The van der Waals surface area contributed by atoms with Crippen molar-refractivity contribution in [2.75, 3.05) is 0 Å². The predicted molar refractivity (Wildman–Crippen MR) is 151 cm³/mol. The molecule has 0 bridgehead atoms. The van der Waals surface area contributed by atoms with Gasteiger partial charge in [0.2, 0.25) is 0 Å². The van der Waals surface area contributed by atoms with E-state index in [1.54, 1.807) is 0 Å². The summed E-state index contributed by atoms with van der Waals surface area (Å²) >= 11 is 0. The summed E-state index contributed by atoms with van der Waals surface area (Å²) in [4.78, 5) is 9.19. The first kappa shape index (κ1) is 19.3. The minimum Gasteiger partial charge on any atom is -0.309 e. The molecule has 4 heteroatoms. The molecule has 0 spiro atoms. The Morgan fingerprint density at radius 3 is 2.32 bits per heavy atom. The minimum absolute atomic E-state index is 0.930.